The van der Waals surface area contributed by atoms with Gasteiger partial charge < -0.3 is 10.4 Å². The van der Waals surface area contributed by atoms with E-state index in [4.69, 9.17) is 28.3 Å². The lowest BCUT2D eigenvalue weighted by Crippen LogP contribution is -2.45. The van der Waals surface area contributed by atoms with E-state index in [2.05, 4.69) is 5.32 Å². The summed E-state index contributed by atoms with van der Waals surface area (Å²) in [6.45, 7) is 3.62. The van der Waals surface area contributed by atoms with Crippen LogP contribution in [0, 0.1) is 5.92 Å². The summed E-state index contributed by atoms with van der Waals surface area (Å²) < 4.78 is 0. The molecule has 0 bridgehead atoms. The van der Waals surface area contributed by atoms with Crippen LogP contribution < -0.4 is 5.32 Å². The fourth-order valence-electron chi connectivity index (χ4n) is 1.57. The highest BCUT2D eigenvalue weighted by Gasteiger charge is 2.26. The fourth-order valence-corrected chi connectivity index (χ4v) is 1.95. The van der Waals surface area contributed by atoms with E-state index in [1.807, 2.05) is 6.92 Å². The van der Waals surface area contributed by atoms with Crippen molar-refractivity contribution in [3.8, 4) is 0 Å². The van der Waals surface area contributed by atoms with E-state index in [9.17, 15) is 9.59 Å². The van der Waals surface area contributed by atoms with Crippen LogP contribution in [0.15, 0.2) is 18.2 Å². The highest BCUT2D eigenvalue weighted by Crippen LogP contribution is 2.21. The molecule has 2 atom stereocenters. The van der Waals surface area contributed by atoms with E-state index >= 15 is 0 Å². The predicted molar refractivity (Wildman–Crippen MR) is 74.8 cm³/mol. The molecule has 104 valence electrons. The third kappa shape index (κ3) is 4.11. The number of carboxylic acids is 1. The quantitative estimate of drug-likeness (QED) is 0.877. The summed E-state index contributed by atoms with van der Waals surface area (Å²) in [5, 5.41) is 12.2. The van der Waals surface area contributed by atoms with Crippen LogP contribution in [0.3, 0.4) is 0 Å². The molecule has 4 nitrogen and oxygen atoms in total. The zero-order chi connectivity index (χ0) is 14.6. The number of nitrogens with one attached hydrogen (secondary N) is 1. The molecule has 1 aromatic rings. The first-order chi connectivity index (χ1) is 8.86. The minimum Gasteiger partial charge on any atom is -0.480 e. The van der Waals surface area contributed by atoms with Crippen molar-refractivity contribution in [3.05, 3.63) is 33.8 Å². The Balaban J connectivity index is 2.94. The molecule has 19 heavy (non-hydrogen) atoms. The Morgan fingerprint density at radius 2 is 2.00 bits per heavy atom. The molecule has 2 N–H and O–H groups in total. The molecule has 0 aliphatic carbocycles. The Labute approximate surface area is 121 Å². The van der Waals surface area contributed by atoms with Crippen LogP contribution in [-0.4, -0.2) is 23.0 Å². The van der Waals surface area contributed by atoms with Crippen LogP contribution in [-0.2, 0) is 4.79 Å². The molecule has 1 rings (SSSR count). The first-order valence-corrected chi connectivity index (χ1v) is 6.61. The monoisotopic (exact) mass is 303 g/mol. The molecule has 6 heteroatoms. The second-order valence-electron chi connectivity index (χ2n) is 4.30. The zero-order valence-corrected chi connectivity index (χ0v) is 12.1. The fraction of sp³-hybridized carbons (Fsp3) is 0.385. The van der Waals surface area contributed by atoms with Gasteiger partial charge in [0.2, 0.25) is 0 Å². The maximum absolute atomic E-state index is 12.0. The molecule has 0 aliphatic heterocycles. The Morgan fingerprint density at radius 1 is 1.37 bits per heavy atom. The number of aliphatic carboxylic acids is 1. The minimum atomic E-state index is -1.07. The number of carbonyl (C=O) groups excluding carboxylic acids is 1. The SMILES string of the molecule is CCC(C)C(NC(=O)c1cc(Cl)ccc1Cl)C(=O)O. The lowest BCUT2D eigenvalue weighted by Gasteiger charge is -2.20. The van der Waals surface area contributed by atoms with Crippen LogP contribution in [0.2, 0.25) is 10.0 Å². The van der Waals surface area contributed by atoms with Gasteiger partial charge in [0.1, 0.15) is 6.04 Å². The number of hydrogen-bond acceptors (Lipinski definition) is 2. The highest BCUT2D eigenvalue weighted by atomic mass is 35.5. The normalized spacial score (nSPS) is 13.7. The summed E-state index contributed by atoms with van der Waals surface area (Å²) in [7, 11) is 0. The van der Waals surface area contributed by atoms with Crippen LogP contribution in [0.25, 0.3) is 0 Å². The van der Waals surface area contributed by atoms with Gasteiger partial charge in [0.05, 0.1) is 10.6 Å². The summed E-state index contributed by atoms with van der Waals surface area (Å²) in [5.41, 5.74) is 0.170. The van der Waals surface area contributed by atoms with Crippen molar-refractivity contribution in [1.82, 2.24) is 5.32 Å². The maximum Gasteiger partial charge on any atom is 0.326 e. The summed E-state index contributed by atoms with van der Waals surface area (Å²) in [5.74, 6) is -1.79. The minimum absolute atomic E-state index is 0.170. The van der Waals surface area contributed by atoms with Crippen molar-refractivity contribution in [1.29, 1.82) is 0 Å². The topological polar surface area (TPSA) is 66.4 Å². The van der Waals surface area contributed by atoms with Gasteiger partial charge in [0.25, 0.3) is 5.91 Å². The highest BCUT2D eigenvalue weighted by molar-refractivity contribution is 6.35. The Bertz CT molecular complexity index is 491. The lowest BCUT2D eigenvalue weighted by molar-refractivity contribution is -0.140. The van der Waals surface area contributed by atoms with Crippen molar-refractivity contribution in [2.24, 2.45) is 5.92 Å². The van der Waals surface area contributed by atoms with Crippen molar-refractivity contribution < 1.29 is 14.7 Å². The third-order valence-corrected chi connectivity index (χ3v) is 3.50. The van der Waals surface area contributed by atoms with Crippen LogP contribution in [0.1, 0.15) is 30.6 Å². The average Bonchev–Trinajstić information content (AvgIpc) is 2.37. The number of carbonyl (C=O) groups is 2. The second-order valence-corrected chi connectivity index (χ2v) is 5.14. The van der Waals surface area contributed by atoms with Gasteiger partial charge in [-0.1, -0.05) is 43.5 Å². The number of benzene rings is 1. The first-order valence-electron chi connectivity index (χ1n) is 5.85. The number of rotatable bonds is 5. The van der Waals surface area contributed by atoms with Gasteiger partial charge in [-0.05, 0) is 24.1 Å². The molecule has 0 spiro atoms. The van der Waals surface area contributed by atoms with Gasteiger partial charge in [0, 0.05) is 5.02 Å². The van der Waals surface area contributed by atoms with Crippen LogP contribution in [0.5, 0.6) is 0 Å². The molecule has 0 heterocycles. The Hall–Kier alpha value is -1.26. The number of amides is 1. The summed E-state index contributed by atoms with van der Waals surface area (Å²) in [6, 6.07) is 3.52. The van der Waals surface area contributed by atoms with Gasteiger partial charge >= 0.3 is 5.97 Å². The number of carboxylic acid groups (broad SMARTS) is 1. The lowest BCUT2D eigenvalue weighted by atomic mass is 9.99. The van der Waals surface area contributed by atoms with E-state index in [0.29, 0.717) is 11.4 Å². The largest absolute Gasteiger partial charge is 0.480 e. The number of halogens is 2. The Kier molecular flexibility index (Phi) is 5.63. The standard InChI is InChI=1S/C13H15Cl2NO3/c1-3-7(2)11(13(18)19)16-12(17)9-6-8(14)4-5-10(9)15/h4-7,11H,3H2,1-2H3,(H,16,17)(H,18,19). The zero-order valence-electron chi connectivity index (χ0n) is 10.6. The molecule has 0 aromatic heterocycles. The van der Waals surface area contributed by atoms with E-state index in [-0.39, 0.29) is 16.5 Å². The van der Waals surface area contributed by atoms with Gasteiger partial charge in [-0.15, -0.1) is 0 Å². The van der Waals surface area contributed by atoms with Crippen LogP contribution >= 0.6 is 23.2 Å². The van der Waals surface area contributed by atoms with Gasteiger partial charge in [-0.25, -0.2) is 4.79 Å². The molecule has 0 saturated heterocycles. The molecule has 2 unspecified atom stereocenters. The molecular weight excluding hydrogens is 289 g/mol. The molecule has 0 radical (unpaired) electrons. The summed E-state index contributed by atoms with van der Waals surface area (Å²) >= 11 is 11.7. The summed E-state index contributed by atoms with van der Waals surface area (Å²) in [4.78, 5) is 23.2. The van der Waals surface area contributed by atoms with Gasteiger partial charge in [-0.3, -0.25) is 4.79 Å². The molecule has 0 aliphatic rings. The van der Waals surface area contributed by atoms with Crippen molar-refractivity contribution in [3.63, 3.8) is 0 Å². The second kappa shape index (κ2) is 6.78. The van der Waals surface area contributed by atoms with Crippen molar-refractivity contribution in [2.45, 2.75) is 26.3 Å². The first kappa shape index (κ1) is 15.8. The van der Waals surface area contributed by atoms with Crippen LogP contribution in [0.4, 0.5) is 0 Å². The van der Waals surface area contributed by atoms with Gasteiger partial charge in [0.15, 0.2) is 0 Å². The molecule has 0 fully saturated rings. The Morgan fingerprint density at radius 3 is 2.53 bits per heavy atom. The molecular formula is C13H15Cl2NO3. The maximum atomic E-state index is 12.0. The molecule has 1 amide bonds. The average molecular weight is 304 g/mol. The van der Waals surface area contributed by atoms with E-state index in [1.54, 1.807) is 13.0 Å². The smallest absolute Gasteiger partial charge is 0.326 e. The van der Waals surface area contributed by atoms with Gasteiger partial charge in [-0.2, -0.15) is 0 Å². The van der Waals surface area contributed by atoms with Crippen molar-refractivity contribution in [2.75, 3.05) is 0 Å². The van der Waals surface area contributed by atoms with E-state index in [1.165, 1.54) is 12.1 Å². The van der Waals surface area contributed by atoms with E-state index < -0.39 is 17.9 Å². The predicted octanol–water partition coefficient (Wildman–Crippen LogP) is 3.22. The van der Waals surface area contributed by atoms with E-state index in [0.717, 1.165) is 0 Å². The number of hydrogen-bond donors (Lipinski definition) is 2. The summed E-state index contributed by atoms with van der Waals surface area (Å²) in [6.07, 6.45) is 0.639. The molecule has 1 aromatic carbocycles. The molecule has 0 saturated carbocycles. The third-order valence-electron chi connectivity index (χ3n) is 2.94. The van der Waals surface area contributed by atoms with Crippen molar-refractivity contribution >= 4 is 35.1 Å².